The van der Waals surface area contributed by atoms with Gasteiger partial charge in [0, 0.05) is 10.6 Å². The van der Waals surface area contributed by atoms with Crippen LogP contribution in [0.15, 0.2) is 29.2 Å². The summed E-state index contributed by atoms with van der Waals surface area (Å²) in [5.41, 5.74) is 0.677. The summed E-state index contributed by atoms with van der Waals surface area (Å²) < 4.78 is 0. The van der Waals surface area contributed by atoms with Crippen molar-refractivity contribution in [3.05, 3.63) is 24.3 Å². The van der Waals surface area contributed by atoms with Crippen molar-refractivity contribution in [3.8, 4) is 0 Å². The Balaban J connectivity index is 2.69. The predicted molar refractivity (Wildman–Crippen MR) is 66.0 cm³/mol. The third-order valence-electron chi connectivity index (χ3n) is 2.02. The first-order valence-electron chi connectivity index (χ1n) is 4.97. The molecule has 2 amide bonds. The van der Waals surface area contributed by atoms with Crippen molar-refractivity contribution in [2.24, 2.45) is 0 Å². The SMILES string of the molecule is CSc1cccc(NC(=O)N(O)C(C)C)c1. The van der Waals surface area contributed by atoms with Crippen LogP contribution in [0.5, 0.6) is 0 Å². The van der Waals surface area contributed by atoms with Gasteiger partial charge in [-0.3, -0.25) is 5.21 Å². The van der Waals surface area contributed by atoms with E-state index in [9.17, 15) is 10.0 Å². The fourth-order valence-corrected chi connectivity index (χ4v) is 1.58. The Kier molecular flexibility index (Phi) is 4.64. The van der Waals surface area contributed by atoms with Crippen LogP contribution in [0.3, 0.4) is 0 Å². The Morgan fingerprint density at radius 2 is 2.19 bits per heavy atom. The standard InChI is InChI=1S/C11H16N2O2S/c1-8(2)13(15)11(14)12-9-5-4-6-10(7-9)16-3/h4-8,15H,1-3H3,(H,12,14). The Labute approximate surface area is 99.6 Å². The summed E-state index contributed by atoms with van der Waals surface area (Å²) in [7, 11) is 0. The second-order valence-electron chi connectivity index (χ2n) is 3.60. The van der Waals surface area contributed by atoms with Gasteiger partial charge in [0.2, 0.25) is 0 Å². The molecule has 4 nitrogen and oxygen atoms in total. The minimum Gasteiger partial charge on any atom is -0.306 e. The van der Waals surface area contributed by atoms with Gasteiger partial charge in [-0.2, -0.15) is 0 Å². The Bertz CT molecular complexity index is 369. The molecule has 1 rings (SSSR count). The van der Waals surface area contributed by atoms with Crippen molar-refractivity contribution in [2.75, 3.05) is 11.6 Å². The molecule has 0 aliphatic rings. The summed E-state index contributed by atoms with van der Waals surface area (Å²) in [5.74, 6) is 0. The van der Waals surface area contributed by atoms with E-state index >= 15 is 0 Å². The average Bonchev–Trinajstić information content (AvgIpc) is 2.28. The lowest BCUT2D eigenvalue weighted by atomic mass is 10.3. The molecule has 0 saturated carbocycles. The van der Waals surface area contributed by atoms with Crippen LogP contribution in [0.2, 0.25) is 0 Å². The van der Waals surface area contributed by atoms with Gasteiger partial charge >= 0.3 is 6.03 Å². The number of nitrogens with zero attached hydrogens (tertiary/aromatic N) is 1. The Morgan fingerprint density at radius 1 is 1.50 bits per heavy atom. The van der Waals surface area contributed by atoms with E-state index in [0.29, 0.717) is 10.8 Å². The van der Waals surface area contributed by atoms with E-state index in [4.69, 9.17) is 0 Å². The second kappa shape index (κ2) is 5.77. The maximum Gasteiger partial charge on any atom is 0.345 e. The molecule has 0 heterocycles. The topological polar surface area (TPSA) is 52.6 Å². The number of carbonyl (C=O) groups excluding carboxylic acids is 1. The van der Waals surface area contributed by atoms with Gasteiger partial charge < -0.3 is 5.32 Å². The molecule has 5 heteroatoms. The van der Waals surface area contributed by atoms with Crippen molar-refractivity contribution >= 4 is 23.5 Å². The van der Waals surface area contributed by atoms with E-state index in [0.717, 1.165) is 4.90 Å². The van der Waals surface area contributed by atoms with Crippen LogP contribution in [0.25, 0.3) is 0 Å². The summed E-state index contributed by atoms with van der Waals surface area (Å²) in [5, 5.41) is 12.7. The number of benzene rings is 1. The van der Waals surface area contributed by atoms with E-state index in [1.807, 2.05) is 24.5 Å². The average molecular weight is 240 g/mol. The minimum absolute atomic E-state index is 0.247. The van der Waals surface area contributed by atoms with Crippen molar-refractivity contribution < 1.29 is 10.0 Å². The number of hydrogen-bond acceptors (Lipinski definition) is 3. The van der Waals surface area contributed by atoms with Gasteiger partial charge in [0.1, 0.15) is 0 Å². The van der Waals surface area contributed by atoms with Crippen molar-refractivity contribution in [3.63, 3.8) is 0 Å². The van der Waals surface area contributed by atoms with Crippen molar-refractivity contribution in [1.29, 1.82) is 0 Å². The lowest BCUT2D eigenvalue weighted by Crippen LogP contribution is -2.37. The predicted octanol–water partition coefficient (Wildman–Crippen LogP) is 3.04. The van der Waals surface area contributed by atoms with Gasteiger partial charge in [-0.1, -0.05) is 6.07 Å². The maximum absolute atomic E-state index is 11.5. The number of rotatable bonds is 3. The molecule has 0 fully saturated rings. The molecule has 88 valence electrons. The lowest BCUT2D eigenvalue weighted by Gasteiger charge is -2.19. The highest BCUT2D eigenvalue weighted by Gasteiger charge is 2.13. The molecule has 0 aliphatic heterocycles. The molecular weight excluding hydrogens is 224 g/mol. The maximum atomic E-state index is 11.5. The van der Waals surface area contributed by atoms with Gasteiger partial charge in [-0.05, 0) is 38.3 Å². The van der Waals surface area contributed by atoms with E-state index in [2.05, 4.69) is 5.32 Å². The summed E-state index contributed by atoms with van der Waals surface area (Å²) in [6, 6.07) is 6.69. The fraction of sp³-hybridized carbons (Fsp3) is 0.364. The normalized spacial score (nSPS) is 10.3. The zero-order valence-corrected chi connectivity index (χ0v) is 10.4. The van der Waals surface area contributed by atoms with Crippen LogP contribution >= 0.6 is 11.8 Å². The smallest absolute Gasteiger partial charge is 0.306 e. The molecule has 0 radical (unpaired) electrons. The summed E-state index contributed by atoms with van der Waals surface area (Å²) >= 11 is 1.60. The van der Waals surface area contributed by atoms with Gasteiger partial charge in [-0.25, -0.2) is 9.86 Å². The highest BCUT2D eigenvalue weighted by Crippen LogP contribution is 2.19. The van der Waals surface area contributed by atoms with E-state index in [-0.39, 0.29) is 6.04 Å². The van der Waals surface area contributed by atoms with Crippen LogP contribution in [0, 0.1) is 0 Å². The molecule has 0 atom stereocenters. The number of nitrogens with one attached hydrogen (secondary N) is 1. The number of carbonyl (C=O) groups is 1. The molecule has 1 aromatic rings. The third-order valence-corrected chi connectivity index (χ3v) is 2.74. The Hall–Kier alpha value is -1.20. The lowest BCUT2D eigenvalue weighted by molar-refractivity contribution is -0.0622. The molecule has 0 spiro atoms. The summed E-state index contributed by atoms with van der Waals surface area (Å²) in [6.45, 7) is 3.47. The number of hydroxylamine groups is 2. The molecule has 0 unspecified atom stereocenters. The first kappa shape index (κ1) is 12.9. The first-order valence-corrected chi connectivity index (χ1v) is 6.20. The minimum atomic E-state index is -0.520. The first-order chi connectivity index (χ1) is 7.54. The number of amides is 2. The van der Waals surface area contributed by atoms with Crippen LogP contribution in [-0.4, -0.2) is 28.6 Å². The van der Waals surface area contributed by atoms with Crippen LogP contribution in [0.4, 0.5) is 10.5 Å². The highest BCUT2D eigenvalue weighted by molar-refractivity contribution is 7.98. The van der Waals surface area contributed by atoms with E-state index in [1.165, 1.54) is 0 Å². The number of hydrogen-bond donors (Lipinski definition) is 2. The second-order valence-corrected chi connectivity index (χ2v) is 4.48. The number of anilines is 1. The highest BCUT2D eigenvalue weighted by atomic mass is 32.2. The number of urea groups is 1. The van der Waals surface area contributed by atoms with Gasteiger partial charge in [-0.15, -0.1) is 11.8 Å². The van der Waals surface area contributed by atoms with Crippen LogP contribution in [0.1, 0.15) is 13.8 Å². The molecule has 0 bridgehead atoms. The third kappa shape index (κ3) is 3.43. The zero-order valence-electron chi connectivity index (χ0n) is 9.60. The van der Waals surface area contributed by atoms with Crippen LogP contribution in [-0.2, 0) is 0 Å². The summed E-state index contributed by atoms with van der Waals surface area (Å²) in [4.78, 5) is 12.6. The summed E-state index contributed by atoms with van der Waals surface area (Å²) in [6.07, 6.45) is 1.97. The number of thioether (sulfide) groups is 1. The molecule has 0 aliphatic carbocycles. The quantitative estimate of drug-likeness (QED) is 0.485. The van der Waals surface area contributed by atoms with E-state index < -0.39 is 6.03 Å². The zero-order chi connectivity index (χ0) is 12.1. The molecule has 2 N–H and O–H groups in total. The molecule has 1 aromatic carbocycles. The van der Waals surface area contributed by atoms with Gasteiger partial charge in [0.05, 0.1) is 6.04 Å². The van der Waals surface area contributed by atoms with Crippen molar-refractivity contribution in [2.45, 2.75) is 24.8 Å². The molecule has 0 aromatic heterocycles. The van der Waals surface area contributed by atoms with Gasteiger partial charge in [0.15, 0.2) is 0 Å². The molecule has 16 heavy (non-hydrogen) atoms. The van der Waals surface area contributed by atoms with Crippen molar-refractivity contribution in [1.82, 2.24) is 5.06 Å². The Morgan fingerprint density at radius 3 is 2.75 bits per heavy atom. The molecular formula is C11H16N2O2S. The fourth-order valence-electron chi connectivity index (χ4n) is 1.12. The van der Waals surface area contributed by atoms with E-state index in [1.54, 1.807) is 31.7 Å². The largest absolute Gasteiger partial charge is 0.345 e. The van der Waals surface area contributed by atoms with Crippen LogP contribution < -0.4 is 5.32 Å². The van der Waals surface area contributed by atoms with Gasteiger partial charge in [0.25, 0.3) is 0 Å². The monoisotopic (exact) mass is 240 g/mol. The molecule has 0 saturated heterocycles.